The number of hydrogen-bond donors (Lipinski definition) is 2. The number of pyridine rings is 1. The first-order valence-electron chi connectivity index (χ1n) is 9.04. The molecule has 6 nitrogen and oxygen atoms in total. The van der Waals surface area contributed by atoms with Gasteiger partial charge in [-0.1, -0.05) is 18.2 Å². The van der Waals surface area contributed by atoms with E-state index in [0.717, 1.165) is 12.1 Å². The number of carbonyl (C=O) groups is 2. The van der Waals surface area contributed by atoms with Crippen molar-refractivity contribution in [3.8, 4) is 0 Å². The highest BCUT2D eigenvalue weighted by molar-refractivity contribution is 5.98. The summed E-state index contributed by atoms with van der Waals surface area (Å²) in [6.07, 6.45) is -3.02. The van der Waals surface area contributed by atoms with Gasteiger partial charge >= 0.3 is 6.18 Å². The lowest BCUT2D eigenvalue weighted by Crippen LogP contribution is -2.48. The quantitative estimate of drug-likeness (QED) is 0.819. The standard InChI is InChI=1S/C20H21F3N4O2/c1-19(2,13-4-3-5-14(10-13)20(21,22)23)18(29)26-15-6-7-16(25-11-15)27-9-8-24-17(28)12-27/h3-7,10-11H,8-9,12H2,1-2H3,(H,24,28)(H,26,29). The number of piperazine rings is 1. The van der Waals surface area contributed by atoms with Crippen LogP contribution in [0.25, 0.3) is 0 Å². The lowest BCUT2D eigenvalue weighted by atomic mass is 9.83. The third kappa shape index (κ3) is 4.67. The molecule has 154 valence electrons. The maximum atomic E-state index is 13.0. The van der Waals surface area contributed by atoms with E-state index in [1.807, 2.05) is 4.90 Å². The average Bonchev–Trinajstić information content (AvgIpc) is 2.68. The molecule has 29 heavy (non-hydrogen) atoms. The molecule has 2 N–H and O–H groups in total. The maximum Gasteiger partial charge on any atom is 0.416 e. The van der Waals surface area contributed by atoms with Gasteiger partial charge in [0.15, 0.2) is 0 Å². The fraction of sp³-hybridized carbons (Fsp3) is 0.350. The third-order valence-corrected chi connectivity index (χ3v) is 4.85. The van der Waals surface area contributed by atoms with Crippen molar-refractivity contribution in [1.29, 1.82) is 0 Å². The Labute approximate surface area is 166 Å². The van der Waals surface area contributed by atoms with Crippen LogP contribution >= 0.6 is 0 Å². The van der Waals surface area contributed by atoms with E-state index >= 15 is 0 Å². The van der Waals surface area contributed by atoms with E-state index in [0.29, 0.717) is 24.6 Å². The van der Waals surface area contributed by atoms with E-state index in [1.54, 1.807) is 26.0 Å². The van der Waals surface area contributed by atoms with Gasteiger partial charge in [0.25, 0.3) is 0 Å². The third-order valence-electron chi connectivity index (χ3n) is 4.85. The zero-order valence-corrected chi connectivity index (χ0v) is 16.0. The molecule has 2 amide bonds. The first-order chi connectivity index (χ1) is 13.6. The van der Waals surface area contributed by atoms with Crippen molar-refractivity contribution >= 4 is 23.3 Å². The van der Waals surface area contributed by atoms with Crippen LogP contribution in [0.15, 0.2) is 42.6 Å². The summed E-state index contributed by atoms with van der Waals surface area (Å²) in [6, 6.07) is 8.08. The molecule has 1 aromatic heterocycles. The molecule has 0 radical (unpaired) electrons. The molecule has 2 aromatic rings. The number of alkyl halides is 3. The smallest absolute Gasteiger partial charge is 0.353 e. The lowest BCUT2D eigenvalue weighted by molar-refractivity contribution is -0.137. The highest BCUT2D eigenvalue weighted by Gasteiger charge is 2.35. The van der Waals surface area contributed by atoms with Gasteiger partial charge in [-0.15, -0.1) is 0 Å². The first kappa shape index (κ1) is 20.6. The summed E-state index contributed by atoms with van der Waals surface area (Å²) in [5, 5.41) is 5.43. The number of aromatic nitrogens is 1. The average molecular weight is 406 g/mol. The van der Waals surface area contributed by atoms with Crippen molar-refractivity contribution in [2.45, 2.75) is 25.4 Å². The number of nitrogens with one attached hydrogen (secondary N) is 2. The summed E-state index contributed by atoms with van der Waals surface area (Å²) < 4.78 is 38.9. The number of amides is 2. The zero-order valence-electron chi connectivity index (χ0n) is 16.0. The molecule has 1 aromatic carbocycles. The number of carbonyl (C=O) groups excluding carboxylic acids is 2. The van der Waals surface area contributed by atoms with E-state index in [4.69, 9.17) is 0 Å². The largest absolute Gasteiger partial charge is 0.416 e. The van der Waals surface area contributed by atoms with Gasteiger partial charge in [0.05, 0.1) is 29.4 Å². The molecule has 1 aliphatic rings. The number of nitrogens with zero attached hydrogens (tertiary/aromatic N) is 2. The summed E-state index contributed by atoms with van der Waals surface area (Å²) >= 11 is 0. The molecule has 0 unspecified atom stereocenters. The first-order valence-corrected chi connectivity index (χ1v) is 9.04. The minimum absolute atomic E-state index is 0.0849. The van der Waals surface area contributed by atoms with E-state index in [9.17, 15) is 22.8 Å². The number of benzene rings is 1. The minimum Gasteiger partial charge on any atom is -0.353 e. The maximum absolute atomic E-state index is 13.0. The molecule has 1 aliphatic heterocycles. The summed E-state index contributed by atoms with van der Waals surface area (Å²) in [5.41, 5.74) is -1.31. The Bertz CT molecular complexity index is 911. The molecular formula is C20H21F3N4O2. The molecule has 3 rings (SSSR count). The van der Waals surface area contributed by atoms with E-state index in [-0.39, 0.29) is 18.0 Å². The van der Waals surface area contributed by atoms with Gasteiger partial charge in [0.2, 0.25) is 11.8 Å². The molecule has 1 fully saturated rings. The summed E-state index contributed by atoms with van der Waals surface area (Å²) in [4.78, 5) is 30.3. The monoisotopic (exact) mass is 406 g/mol. The molecule has 0 spiro atoms. The molecule has 0 saturated carbocycles. The number of hydrogen-bond acceptors (Lipinski definition) is 4. The van der Waals surface area contributed by atoms with Crippen LogP contribution in [0.2, 0.25) is 0 Å². The van der Waals surface area contributed by atoms with Crippen molar-refractivity contribution < 1.29 is 22.8 Å². The van der Waals surface area contributed by atoms with Crippen LogP contribution < -0.4 is 15.5 Å². The second-order valence-electron chi connectivity index (χ2n) is 7.33. The molecule has 0 aliphatic carbocycles. The van der Waals surface area contributed by atoms with Gasteiger partial charge in [-0.2, -0.15) is 13.2 Å². The Balaban J connectivity index is 1.73. The highest BCUT2D eigenvalue weighted by Crippen LogP contribution is 2.33. The second-order valence-corrected chi connectivity index (χ2v) is 7.33. The van der Waals surface area contributed by atoms with Crippen LogP contribution in [0.5, 0.6) is 0 Å². The molecule has 0 atom stereocenters. The normalized spacial score (nSPS) is 15.1. The Morgan fingerprint density at radius 1 is 1.17 bits per heavy atom. The summed E-state index contributed by atoms with van der Waals surface area (Å²) in [7, 11) is 0. The molecule has 2 heterocycles. The van der Waals surface area contributed by atoms with Crippen molar-refractivity contribution in [3.05, 3.63) is 53.7 Å². The number of rotatable bonds is 4. The predicted octanol–water partition coefficient (Wildman–Crippen LogP) is 2.95. The van der Waals surface area contributed by atoms with Crippen LogP contribution in [0.3, 0.4) is 0 Å². The molecule has 9 heteroatoms. The SMILES string of the molecule is CC(C)(C(=O)Nc1ccc(N2CCNC(=O)C2)nc1)c1cccc(C(F)(F)F)c1. The van der Waals surface area contributed by atoms with Crippen LogP contribution in [0.4, 0.5) is 24.7 Å². The Kier molecular flexibility index (Phi) is 5.50. The van der Waals surface area contributed by atoms with E-state index in [1.165, 1.54) is 18.3 Å². The summed E-state index contributed by atoms with van der Waals surface area (Å²) in [6.45, 7) is 4.50. The van der Waals surface area contributed by atoms with Gasteiger partial charge in [-0.05, 0) is 37.6 Å². The zero-order chi connectivity index (χ0) is 21.2. The minimum atomic E-state index is -4.48. The van der Waals surface area contributed by atoms with Crippen LogP contribution in [0.1, 0.15) is 25.0 Å². The molecular weight excluding hydrogens is 385 g/mol. The van der Waals surface area contributed by atoms with E-state index < -0.39 is 23.1 Å². The second kappa shape index (κ2) is 7.73. The molecule has 1 saturated heterocycles. The fourth-order valence-corrected chi connectivity index (χ4v) is 2.98. The van der Waals surface area contributed by atoms with Crippen LogP contribution in [0, 0.1) is 0 Å². The van der Waals surface area contributed by atoms with Gasteiger partial charge in [0.1, 0.15) is 5.82 Å². The van der Waals surface area contributed by atoms with E-state index in [2.05, 4.69) is 15.6 Å². The van der Waals surface area contributed by atoms with Gasteiger partial charge in [-0.3, -0.25) is 9.59 Å². The highest BCUT2D eigenvalue weighted by atomic mass is 19.4. The predicted molar refractivity (Wildman–Crippen MR) is 103 cm³/mol. The van der Waals surface area contributed by atoms with Crippen LogP contribution in [-0.2, 0) is 21.2 Å². The Morgan fingerprint density at radius 3 is 2.52 bits per heavy atom. The van der Waals surface area contributed by atoms with Crippen molar-refractivity contribution in [3.63, 3.8) is 0 Å². The Hall–Kier alpha value is -3.10. The lowest BCUT2D eigenvalue weighted by Gasteiger charge is -2.28. The van der Waals surface area contributed by atoms with Crippen molar-refractivity contribution in [2.24, 2.45) is 0 Å². The Morgan fingerprint density at radius 2 is 1.90 bits per heavy atom. The van der Waals surface area contributed by atoms with Gasteiger partial charge in [0, 0.05) is 13.1 Å². The van der Waals surface area contributed by atoms with Gasteiger partial charge in [-0.25, -0.2) is 4.98 Å². The topological polar surface area (TPSA) is 74.3 Å². The fourth-order valence-electron chi connectivity index (χ4n) is 2.98. The summed E-state index contributed by atoms with van der Waals surface area (Å²) in [5.74, 6) is 0.0666. The van der Waals surface area contributed by atoms with Crippen LogP contribution in [-0.4, -0.2) is 36.4 Å². The molecule has 0 bridgehead atoms. The number of halogens is 3. The number of anilines is 2. The van der Waals surface area contributed by atoms with Crippen molar-refractivity contribution in [1.82, 2.24) is 10.3 Å². The van der Waals surface area contributed by atoms with Crippen molar-refractivity contribution in [2.75, 3.05) is 29.9 Å². The van der Waals surface area contributed by atoms with Gasteiger partial charge < -0.3 is 15.5 Å².